The molecule has 0 saturated heterocycles. The lowest BCUT2D eigenvalue weighted by molar-refractivity contribution is -0.137. The molecule has 18 heavy (non-hydrogen) atoms. The highest BCUT2D eigenvalue weighted by atomic mass is 19.4. The molecule has 0 bridgehead atoms. The van der Waals surface area contributed by atoms with Crippen molar-refractivity contribution in [3.05, 3.63) is 29.8 Å². The molecule has 2 nitrogen and oxygen atoms in total. The molecular weight excluding hydrogens is 243 g/mol. The van der Waals surface area contributed by atoms with Crippen LogP contribution in [0.1, 0.15) is 26.3 Å². The van der Waals surface area contributed by atoms with Gasteiger partial charge in [-0.05, 0) is 32.9 Å². The first-order valence-corrected chi connectivity index (χ1v) is 5.80. The molecule has 0 amide bonds. The third kappa shape index (κ3) is 4.22. The Labute approximate surface area is 105 Å². The second kappa shape index (κ2) is 5.61. The van der Waals surface area contributed by atoms with E-state index in [0.717, 1.165) is 6.07 Å². The van der Waals surface area contributed by atoms with Crippen LogP contribution in [0, 0.1) is 0 Å². The summed E-state index contributed by atoms with van der Waals surface area (Å²) in [6.45, 7) is 6.36. The average molecular weight is 261 g/mol. The zero-order valence-corrected chi connectivity index (χ0v) is 10.8. The molecule has 0 fully saturated rings. The number of para-hydroxylation sites is 1. The Kier molecular flexibility index (Phi) is 4.62. The summed E-state index contributed by atoms with van der Waals surface area (Å²) in [6, 6.07) is 5.44. The fraction of sp³-hybridized carbons (Fsp3) is 0.538. The molecule has 0 radical (unpaired) electrons. The maximum Gasteiger partial charge on any atom is 0.418 e. The first-order chi connectivity index (χ1) is 8.26. The average Bonchev–Trinajstić information content (AvgIpc) is 2.26. The zero-order chi connectivity index (χ0) is 13.8. The monoisotopic (exact) mass is 261 g/mol. The standard InChI is InChI=1S/C13H18F3NO/c1-4-18-12(2,3)9-17-11-8-6-5-7-10(11)13(14,15)16/h5-8,17H,4,9H2,1-3H3. The minimum absolute atomic E-state index is 0.0813. The van der Waals surface area contributed by atoms with Crippen molar-refractivity contribution in [3.8, 4) is 0 Å². The summed E-state index contributed by atoms with van der Waals surface area (Å²) in [6.07, 6.45) is -4.35. The number of hydrogen-bond donors (Lipinski definition) is 1. The fourth-order valence-electron chi connectivity index (χ4n) is 1.63. The number of anilines is 1. The quantitative estimate of drug-likeness (QED) is 0.867. The first kappa shape index (κ1) is 14.8. The Morgan fingerprint density at radius 1 is 1.17 bits per heavy atom. The van der Waals surface area contributed by atoms with Crippen molar-refractivity contribution >= 4 is 5.69 Å². The van der Waals surface area contributed by atoms with E-state index in [4.69, 9.17) is 4.74 Å². The Hall–Kier alpha value is -1.23. The van der Waals surface area contributed by atoms with E-state index < -0.39 is 17.3 Å². The predicted molar refractivity (Wildman–Crippen MR) is 65.6 cm³/mol. The molecule has 0 aliphatic heterocycles. The maximum atomic E-state index is 12.7. The van der Waals surface area contributed by atoms with E-state index in [1.807, 2.05) is 20.8 Å². The number of hydrogen-bond acceptors (Lipinski definition) is 2. The Morgan fingerprint density at radius 3 is 2.33 bits per heavy atom. The molecule has 1 N–H and O–H groups in total. The van der Waals surface area contributed by atoms with Crippen LogP contribution in [-0.4, -0.2) is 18.8 Å². The molecule has 0 unspecified atom stereocenters. The van der Waals surface area contributed by atoms with E-state index in [9.17, 15) is 13.2 Å². The van der Waals surface area contributed by atoms with Crippen LogP contribution in [0.3, 0.4) is 0 Å². The molecule has 0 aliphatic carbocycles. The van der Waals surface area contributed by atoms with Crippen molar-refractivity contribution in [2.75, 3.05) is 18.5 Å². The Balaban J connectivity index is 2.80. The van der Waals surface area contributed by atoms with Gasteiger partial charge in [0.15, 0.2) is 0 Å². The lowest BCUT2D eigenvalue weighted by atomic mass is 10.1. The molecule has 1 aromatic carbocycles. The molecule has 0 spiro atoms. The van der Waals surface area contributed by atoms with Crippen LogP contribution in [0.15, 0.2) is 24.3 Å². The SMILES string of the molecule is CCOC(C)(C)CNc1ccccc1C(F)(F)F. The minimum atomic E-state index is -4.35. The summed E-state index contributed by atoms with van der Waals surface area (Å²) >= 11 is 0. The van der Waals surface area contributed by atoms with E-state index >= 15 is 0 Å². The van der Waals surface area contributed by atoms with Crippen LogP contribution >= 0.6 is 0 Å². The van der Waals surface area contributed by atoms with Gasteiger partial charge in [0.1, 0.15) is 0 Å². The van der Waals surface area contributed by atoms with Crippen LogP contribution in [0.25, 0.3) is 0 Å². The predicted octanol–water partition coefficient (Wildman–Crippen LogP) is 3.93. The Morgan fingerprint density at radius 2 is 1.78 bits per heavy atom. The lowest BCUT2D eigenvalue weighted by Crippen LogP contribution is -2.33. The first-order valence-electron chi connectivity index (χ1n) is 5.80. The van der Waals surface area contributed by atoms with Gasteiger partial charge in [-0.2, -0.15) is 13.2 Å². The largest absolute Gasteiger partial charge is 0.418 e. The van der Waals surface area contributed by atoms with Gasteiger partial charge in [0.25, 0.3) is 0 Å². The summed E-state index contributed by atoms with van der Waals surface area (Å²) in [5, 5.41) is 2.80. The van der Waals surface area contributed by atoms with Gasteiger partial charge in [-0.25, -0.2) is 0 Å². The smallest absolute Gasteiger partial charge is 0.382 e. The van der Waals surface area contributed by atoms with Crippen molar-refractivity contribution in [3.63, 3.8) is 0 Å². The molecule has 1 aromatic rings. The van der Waals surface area contributed by atoms with E-state index in [1.165, 1.54) is 12.1 Å². The van der Waals surface area contributed by atoms with Gasteiger partial charge in [0.05, 0.1) is 11.2 Å². The number of ether oxygens (including phenoxy) is 1. The van der Waals surface area contributed by atoms with Gasteiger partial charge < -0.3 is 10.1 Å². The van der Waals surface area contributed by atoms with Crippen LogP contribution in [-0.2, 0) is 10.9 Å². The molecule has 102 valence electrons. The molecular formula is C13H18F3NO. The lowest BCUT2D eigenvalue weighted by Gasteiger charge is -2.26. The van der Waals surface area contributed by atoms with Crippen LogP contribution in [0.4, 0.5) is 18.9 Å². The van der Waals surface area contributed by atoms with Crippen molar-refractivity contribution in [2.24, 2.45) is 0 Å². The summed E-state index contributed by atoms with van der Waals surface area (Å²) < 4.78 is 43.7. The number of nitrogens with one attached hydrogen (secondary N) is 1. The second-order valence-electron chi connectivity index (χ2n) is 4.59. The number of alkyl halides is 3. The van der Waals surface area contributed by atoms with Gasteiger partial charge in [0, 0.05) is 18.8 Å². The second-order valence-corrected chi connectivity index (χ2v) is 4.59. The van der Waals surface area contributed by atoms with E-state index in [1.54, 1.807) is 6.07 Å². The van der Waals surface area contributed by atoms with E-state index in [-0.39, 0.29) is 5.69 Å². The normalized spacial score (nSPS) is 12.6. The molecule has 0 aromatic heterocycles. The van der Waals surface area contributed by atoms with Gasteiger partial charge in [-0.3, -0.25) is 0 Å². The molecule has 0 heterocycles. The topological polar surface area (TPSA) is 21.3 Å². The highest BCUT2D eigenvalue weighted by Gasteiger charge is 2.33. The molecule has 1 rings (SSSR count). The summed E-state index contributed by atoms with van der Waals surface area (Å²) in [7, 11) is 0. The summed E-state index contributed by atoms with van der Waals surface area (Å²) in [5.74, 6) is 0. The van der Waals surface area contributed by atoms with Gasteiger partial charge in [-0.15, -0.1) is 0 Å². The minimum Gasteiger partial charge on any atom is -0.382 e. The number of rotatable bonds is 5. The van der Waals surface area contributed by atoms with E-state index in [2.05, 4.69) is 5.32 Å². The van der Waals surface area contributed by atoms with Crippen molar-refractivity contribution < 1.29 is 17.9 Å². The Bertz CT molecular complexity index is 388. The van der Waals surface area contributed by atoms with Crippen LogP contribution < -0.4 is 5.32 Å². The summed E-state index contributed by atoms with van der Waals surface area (Å²) in [4.78, 5) is 0. The molecule has 5 heteroatoms. The van der Waals surface area contributed by atoms with Crippen LogP contribution in [0.2, 0.25) is 0 Å². The van der Waals surface area contributed by atoms with Gasteiger partial charge in [0.2, 0.25) is 0 Å². The van der Waals surface area contributed by atoms with Gasteiger partial charge >= 0.3 is 6.18 Å². The summed E-state index contributed by atoms with van der Waals surface area (Å²) in [5.41, 5.74) is -1.08. The third-order valence-corrected chi connectivity index (χ3v) is 2.47. The molecule has 0 aliphatic rings. The number of benzene rings is 1. The fourth-order valence-corrected chi connectivity index (χ4v) is 1.63. The zero-order valence-electron chi connectivity index (χ0n) is 10.8. The van der Waals surface area contributed by atoms with Crippen molar-refractivity contribution in [1.82, 2.24) is 0 Å². The maximum absolute atomic E-state index is 12.7. The van der Waals surface area contributed by atoms with Crippen LogP contribution in [0.5, 0.6) is 0 Å². The number of halogens is 3. The highest BCUT2D eigenvalue weighted by molar-refractivity contribution is 5.52. The van der Waals surface area contributed by atoms with E-state index in [0.29, 0.717) is 13.2 Å². The third-order valence-electron chi connectivity index (χ3n) is 2.47. The highest BCUT2D eigenvalue weighted by Crippen LogP contribution is 2.34. The van der Waals surface area contributed by atoms with Crippen molar-refractivity contribution in [1.29, 1.82) is 0 Å². The van der Waals surface area contributed by atoms with Crippen molar-refractivity contribution in [2.45, 2.75) is 32.5 Å². The molecule has 0 saturated carbocycles. The van der Waals surface area contributed by atoms with Gasteiger partial charge in [-0.1, -0.05) is 12.1 Å². The molecule has 0 atom stereocenters.